The molecular weight excluding hydrogens is 210 g/mol. The summed E-state index contributed by atoms with van der Waals surface area (Å²) in [6.07, 6.45) is 2.71. The largest absolute Gasteiger partial charge is 0.480 e. The van der Waals surface area contributed by atoms with Gasteiger partial charge in [-0.3, -0.25) is 4.79 Å². The van der Waals surface area contributed by atoms with E-state index in [-0.39, 0.29) is 5.69 Å². The van der Waals surface area contributed by atoms with Crippen LogP contribution in [0.2, 0.25) is 0 Å². The van der Waals surface area contributed by atoms with E-state index in [2.05, 4.69) is 15.3 Å². The minimum atomic E-state index is -1.06. The molecule has 6 heteroatoms. The van der Waals surface area contributed by atoms with Gasteiger partial charge >= 0.3 is 5.97 Å². The van der Waals surface area contributed by atoms with Gasteiger partial charge in [0.2, 0.25) is 0 Å². The summed E-state index contributed by atoms with van der Waals surface area (Å²) in [6.45, 7) is 5.25. The van der Waals surface area contributed by atoms with Crippen LogP contribution in [-0.2, 0) is 4.79 Å². The number of nitrogens with zero attached hydrogens (tertiary/aromatic N) is 1. The van der Waals surface area contributed by atoms with E-state index in [9.17, 15) is 9.59 Å². The van der Waals surface area contributed by atoms with E-state index >= 15 is 0 Å². The summed E-state index contributed by atoms with van der Waals surface area (Å²) in [5, 5.41) is 11.5. The highest BCUT2D eigenvalue weighted by Gasteiger charge is 2.32. The molecule has 0 aliphatic rings. The molecule has 0 bridgehead atoms. The van der Waals surface area contributed by atoms with Crippen molar-refractivity contribution in [2.45, 2.75) is 26.8 Å². The fraction of sp³-hybridized carbons (Fsp3) is 0.500. The molecule has 0 aliphatic heterocycles. The van der Waals surface area contributed by atoms with Crippen LogP contribution in [0, 0.1) is 5.41 Å². The molecule has 0 aliphatic carbocycles. The molecule has 1 atom stereocenters. The first-order valence-corrected chi connectivity index (χ1v) is 4.84. The fourth-order valence-electron chi connectivity index (χ4n) is 1.24. The third-order valence-corrected chi connectivity index (χ3v) is 2.13. The van der Waals surface area contributed by atoms with Gasteiger partial charge in [-0.1, -0.05) is 20.8 Å². The molecular formula is C10H15N3O3. The monoisotopic (exact) mass is 225 g/mol. The molecule has 1 amide bonds. The number of rotatable bonds is 3. The van der Waals surface area contributed by atoms with Crippen molar-refractivity contribution in [3.05, 3.63) is 18.2 Å². The predicted molar refractivity (Wildman–Crippen MR) is 56.9 cm³/mol. The van der Waals surface area contributed by atoms with Gasteiger partial charge in [0.15, 0.2) is 0 Å². The number of aromatic nitrogens is 2. The summed E-state index contributed by atoms with van der Waals surface area (Å²) in [5.41, 5.74) is -0.308. The van der Waals surface area contributed by atoms with Crippen molar-refractivity contribution < 1.29 is 14.7 Å². The number of amides is 1. The first-order chi connectivity index (χ1) is 7.32. The number of H-pyrrole nitrogens is 1. The maximum Gasteiger partial charge on any atom is 0.326 e. The van der Waals surface area contributed by atoms with Crippen molar-refractivity contribution in [1.82, 2.24) is 15.3 Å². The number of nitrogens with one attached hydrogen (secondary N) is 2. The Hall–Kier alpha value is -1.85. The van der Waals surface area contributed by atoms with Gasteiger partial charge in [0, 0.05) is 0 Å². The second-order valence-corrected chi connectivity index (χ2v) is 4.58. The third-order valence-electron chi connectivity index (χ3n) is 2.13. The van der Waals surface area contributed by atoms with E-state index in [4.69, 9.17) is 5.11 Å². The molecule has 16 heavy (non-hydrogen) atoms. The first kappa shape index (κ1) is 12.2. The van der Waals surface area contributed by atoms with Gasteiger partial charge < -0.3 is 15.4 Å². The van der Waals surface area contributed by atoms with Gasteiger partial charge in [-0.25, -0.2) is 9.78 Å². The number of hydrogen-bond donors (Lipinski definition) is 3. The lowest BCUT2D eigenvalue weighted by atomic mass is 9.87. The lowest BCUT2D eigenvalue weighted by molar-refractivity contribution is -0.142. The molecule has 0 saturated carbocycles. The lowest BCUT2D eigenvalue weighted by Crippen LogP contribution is -2.49. The van der Waals surface area contributed by atoms with E-state index in [1.165, 1.54) is 12.5 Å². The number of carbonyl (C=O) groups excluding carboxylic acids is 1. The Kier molecular flexibility index (Phi) is 3.31. The van der Waals surface area contributed by atoms with Gasteiger partial charge in [-0.05, 0) is 5.41 Å². The Morgan fingerprint density at radius 3 is 2.50 bits per heavy atom. The molecule has 1 aromatic heterocycles. The number of carboxylic acids is 1. The molecule has 1 rings (SSSR count). The average molecular weight is 225 g/mol. The van der Waals surface area contributed by atoms with Crippen LogP contribution in [0.5, 0.6) is 0 Å². The minimum absolute atomic E-state index is 0.246. The average Bonchev–Trinajstić information content (AvgIpc) is 2.63. The molecule has 1 heterocycles. The topological polar surface area (TPSA) is 95.1 Å². The van der Waals surface area contributed by atoms with E-state index in [0.29, 0.717) is 0 Å². The van der Waals surface area contributed by atoms with Crippen molar-refractivity contribution in [3.63, 3.8) is 0 Å². The maximum atomic E-state index is 11.6. The number of hydrogen-bond acceptors (Lipinski definition) is 3. The van der Waals surface area contributed by atoms with Gasteiger partial charge in [0.25, 0.3) is 5.91 Å². The van der Waals surface area contributed by atoms with E-state index in [1.54, 1.807) is 20.8 Å². The predicted octanol–water partition coefficient (Wildman–Crippen LogP) is 0.639. The smallest absolute Gasteiger partial charge is 0.326 e. The van der Waals surface area contributed by atoms with Crippen molar-refractivity contribution in [2.75, 3.05) is 0 Å². The highest BCUT2D eigenvalue weighted by molar-refractivity contribution is 5.94. The fourth-order valence-corrected chi connectivity index (χ4v) is 1.24. The number of carbonyl (C=O) groups is 2. The molecule has 0 aromatic carbocycles. The standard InChI is InChI=1S/C10H15N3O3/c1-10(2,3)7(9(15)16)13-8(14)6-4-11-5-12-6/h4-5,7H,1-3H3,(H,11,12)(H,13,14)(H,15,16). The quantitative estimate of drug-likeness (QED) is 0.703. The van der Waals surface area contributed by atoms with Crippen molar-refractivity contribution in [1.29, 1.82) is 0 Å². The lowest BCUT2D eigenvalue weighted by Gasteiger charge is -2.27. The summed E-state index contributed by atoms with van der Waals surface area (Å²) >= 11 is 0. The summed E-state index contributed by atoms with van der Waals surface area (Å²) in [5.74, 6) is -1.53. The van der Waals surface area contributed by atoms with Crippen LogP contribution in [0.4, 0.5) is 0 Å². The molecule has 0 radical (unpaired) electrons. The summed E-state index contributed by atoms with van der Waals surface area (Å²) in [6, 6.07) is -0.941. The van der Waals surface area contributed by atoms with E-state index in [0.717, 1.165) is 0 Å². The van der Waals surface area contributed by atoms with Gasteiger partial charge in [0.05, 0.1) is 12.5 Å². The van der Waals surface area contributed by atoms with E-state index < -0.39 is 23.3 Å². The second kappa shape index (κ2) is 4.34. The zero-order chi connectivity index (χ0) is 12.3. The Labute approximate surface area is 93.1 Å². The second-order valence-electron chi connectivity index (χ2n) is 4.58. The van der Waals surface area contributed by atoms with Crippen LogP contribution in [0.1, 0.15) is 31.3 Å². The van der Waals surface area contributed by atoms with Crippen LogP contribution in [0.3, 0.4) is 0 Å². The van der Waals surface area contributed by atoms with Gasteiger partial charge in [0.1, 0.15) is 11.7 Å². The zero-order valence-corrected chi connectivity index (χ0v) is 9.44. The molecule has 0 saturated heterocycles. The maximum absolute atomic E-state index is 11.6. The summed E-state index contributed by atoms with van der Waals surface area (Å²) < 4.78 is 0. The van der Waals surface area contributed by atoms with Crippen LogP contribution in [-0.4, -0.2) is 33.0 Å². The number of aromatic amines is 1. The normalized spacial score (nSPS) is 13.2. The van der Waals surface area contributed by atoms with Crippen molar-refractivity contribution in [2.24, 2.45) is 5.41 Å². The summed E-state index contributed by atoms with van der Waals surface area (Å²) in [7, 11) is 0. The molecule has 88 valence electrons. The highest BCUT2D eigenvalue weighted by Crippen LogP contribution is 2.19. The number of imidazole rings is 1. The van der Waals surface area contributed by atoms with Gasteiger partial charge in [-0.15, -0.1) is 0 Å². The molecule has 6 nitrogen and oxygen atoms in total. The van der Waals surface area contributed by atoms with Crippen LogP contribution >= 0.6 is 0 Å². The summed E-state index contributed by atoms with van der Waals surface area (Å²) in [4.78, 5) is 28.9. The molecule has 1 aromatic rings. The number of carboxylic acid groups (broad SMARTS) is 1. The molecule has 1 unspecified atom stereocenters. The Morgan fingerprint density at radius 1 is 1.50 bits per heavy atom. The Morgan fingerprint density at radius 2 is 2.12 bits per heavy atom. The van der Waals surface area contributed by atoms with Crippen LogP contribution < -0.4 is 5.32 Å². The Bertz CT molecular complexity index is 379. The SMILES string of the molecule is CC(C)(C)C(NC(=O)c1cnc[nH]1)C(=O)O. The third kappa shape index (κ3) is 2.82. The zero-order valence-electron chi connectivity index (χ0n) is 9.44. The van der Waals surface area contributed by atoms with Gasteiger partial charge in [-0.2, -0.15) is 0 Å². The van der Waals surface area contributed by atoms with Crippen LogP contribution in [0.25, 0.3) is 0 Å². The molecule has 0 spiro atoms. The highest BCUT2D eigenvalue weighted by atomic mass is 16.4. The van der Waals surface area contributed by atoms with Crippen molar-refractivity contribution >= 4 is 11.9 Å². The minimum Gasteiger partial charge on any atom is -0.480 e. The van der Waals surface area contributed by atoms with Crippen molar-refractivity contribution in [3.8, 4) is 0 Å². The number of aliphatic carboxylic acids is 1. The van der Waals surface area contributed by atoms with E-state index in [1.807, 2.05) is 0 Å². The first-order valence-electron chi connectivity index (χ1n) is 4.84. The Balaban J connectivity index is 2.78. The van der Waals surface area contributed by atoms with Crippen LogP contribution in [0.15, 0.2) is 12.5 Å². The molecule has 3 N–H and O–H groups in total. The molecule has 0 fully saturated rings.